The number of carbonyl (C=O) groups excluding carboxylic acids is 1. The number of hydrogen-bond donors (Lipinski definition) is 1. The molecule has 6 nitrogen and oxygen atoms in total. The molecule has 1 aliphatic rings. The Morgan fingerprint density at radius 1 is 1.29 bits per heavy atom. The van der Waals surface area contributed by atoms with Gasteiger partial charge >= 0.3 is 0 Å². The topological polar surface area (TPSA) is 75.7 Å². The van der Waals surface area contributed by atoms with Gasteiger partial charge in [-0.1, -0.05) is 24.3 Å². The molecule has 0 fully saturated rings. The molecule has 1 heterocycles. The molecular weight excluding hydrogens is 376 g/mol. The van der Waals surface area contributed by atoms with Gasteiger partial charge in [-0.2, -0.15) is 0 Å². The summed E-state index contributed by atoms with van der Waals surface area (Å²) in [4.78, 5) is 11.9. The molecule has 0 aliphatic carbocycles. The molecule has 0 atom stereocenters. The van der Waals surface area contributed by atoms with E-state index < -0.39 is 10.0 Å². The van der Waals surface area contributed by atoms with Crippen LogP contribution in [0.2, 0.25) is 0 Å². The summed E-state index contributed by atoms with van der Waals surface area (Å²) in [6.07, 6.45) is 3.25. The minimum absolute atomic E-state index is 0.139. The number of hydrogen-bond acceptors (Lipinski definition) is 4. The van der Waals surface area contributed by atoms with Gasteiger partial charge in [0, 0.05) is 13.1 Å². The quantitative estimate of drug-likeness (QED) is 0.725. The van der Waals surface area contributed by atoms with E-state index in [1.165, 1.54) is 10.4 Å². The number of nitrogens with zero attached hydrogens (tertiary/aromatic N) is 1. The Morgan fingerprint density at radius 2 is 2.07 bits per heavy atom. The zero-order valence-corrected chi connectivity index (χ0v) is 16.7. The van der Waals surface area contributed by atoms with Crippen molar-refractivity contribution in [2.24, 2.45) is 0 Å². The van der Waals surface area contributed by atoms with Gasteiger partial charge in [0.2, 0.25) is 0 Å². The van der Waals surface area contributed by atoms with E-state index in [4.69, 9.17) is 4.74 Å². The monoisotopic (exact) mass is 400 g/mol. The Hall–Kier alpha value is -2.80. The van der Waals surface area contributed by atoms with Gasteiger partial charge in [-0.05, 0) is 55.2 Å². The number of benzene rings is 2. The van der Waals surface area contributed by atoms with Crippen LogP contribution in [0.25, 0.3) is 0 Å². The third kappa shape index (κ3) is 4.20. The van der Waals surface area contributed by atoms with Crippen molar-refractivity contribution >= 4 is 21.6 Å². The van der Waals surface area contributed by atoms with Crippen LogP contribution in [0.15, 0.2) is 60.0 Å². The number of para-hydroxylation sites is 1. The van der Waals surface area contributed by atoms with Crippen LogP contribution in [0.3, 0.4) is 0 Å². The Balaban J connectivity index is 1.80. The highest BCUT2D eigenvalue weighted by atomic mass is 32.2. The van der Waals surface area contributed by atoms with Crippen molar-refractivity contribution in [2.45, 2.75) is 24.7 Å². The second-order valence-corrected chi connectivity index (χ2v) is 8.48. The van der Waals surface area contributed by atoms with Gasteiger partial charge in [0.25, 0.3) is 15.9 Å². The first-order chi connectivity index (χ1) is 13.4. The fourth-order valence-electron chi connectivity index (χ4n) is 3.20. The molecular formula is C21H24N2O4S. The first-order valence-corrected chi connectivity index (χ1v) is 10.6. The van der Waals surface area contributed by atoms with Crippen molar-refractivity contribution in [3.63, 3.8) is 0 Å². The zero-order valence-electron chi connectivity index (χ0n) is 15.8. The molecule has 2 aromatic carbocycles. The second-order valence-electron chi connectivity index (χ2n) is 6.62. The lowest BCUT2D eigenvalue weighted by Crippen LogP contribution is -2.35. The van der Waals surface area contributed by atoms with E-state index >= 15 is 0 Å². The molecule has 0 spiro atoms. The molecule has 3 rings (SSSR count). The molecule has 7 heteroatoms. The number of aryl methyl sites for hydroxylation is 2. The van der Waals surface area contributed by atoms with Gasteiger partial charge < -0.3 is 10.1 Å². The summed E-state index contributed by atoms with van der Waals surface area (Å²) in [7, 11) is -3.67. The zero-order chi connectivity index (χ0) is 20.1. The normalized spacial score (nSPS) is 13.5. The Bertz CT molecular complexity index is 986. The van der Waals surface area contributed by atoms with Crippen molar-refractivity contribution in [3.05, 3.63) is 66.2 Å². The van der Waals surface area contributed by atoms with E-state index in [0.29, 0.717) is 24.4 Å². The maximum Gasteiger partial charge on any atom is 0.264 e. The number of nitrogens with one attached hydrogen (secondary N) is 1. The van der Waals surface area contributed by atoms with Crippen molar-refractivity contribution in [2.75, 3.05) is 24.0 Å². The predicted octanol–water partition coefficient (Wildman–Crippen LogP) is 2.82. The van der Waals surface area contributed by atoms with Gasteiger partial charge in [-0.15, -0.1) is 6.58 Å². The largest absolute Gasteiger partial charge is 0.484 e. The van der Waals surface area contributed by atoms with Gasteiger partial charge in [0.1, 0.15) is 5.75 Å². The number of ether oxygens (including phenoxy) is 1. The highest BCUT2D eigenvalue weighted by molar-refractivity contribution is 7.92. The van der Waals surface area contributed by atoms with E-state index in [2.05, 4.69) is 11.9 Å². The fraction of sp³-hybridized carbons (Fsp3) is 0.286. The molecule has 1 N–H and O–H groups in total. The summed E-state index contributed by atoms with van der Waals surface area (Å²) in [5.41, 5.74) is 2.44. The third-order valence-electron chi connectivity index (χ3n) is 4.60. The van der Waals surface area contributed by atoms with Crippen molar-refractivity contribution in [1.82, 2.24) is 5.32 Å². The lowest BCUT2D eigenvalue weighted by Gasteiger charge is -2.30. The van der Waals surface area contributed by atoms with Crippen LogP contribution in [0.1, 0.15) is 17.5 Å². The highest BCUT2D eigenvalue weighted by Crippen LogP contribution is 2.33. The first-order valence-electron chi connectivity index (χ1n) is 9.15. The summed E-state index contributed by atoms with van der Waals surface area (Å²) in [5, 5.41) is 2.63. The third-order valence-corrected chi connectivity index (χ3v) is 6.41. The van der Waals surface area contributed by atoms with E-state index in [-0.39, 0.29) is 17.4 Å². The maximum absolute atomic E-state index is 13.2. The summed E-state index contributed by atoms with van der Waals surface area (Å²) in [6.45, 7) is 5.99. The van der Waals surface area contributed by atoms with Crippen molar-refractivity contribution in [3.8, 4) is 5.75 Å². The van der Waals surface area contributed by atoms with Crippen LogP contribution in [0.4, 0.5) is 5.69 Å². The van der Waals surface area contributed by atoms with Gasteiger partial charge in [-0.3, -0.25) is 9.10 Å². The first kappa shape index (κ1) is 19.9. The number of rotatable bonds is 7. The molecule has 28 heavy (non-hydrogen) atoms. The standard InChI is InChI=1S/C21H24N2O4S/c1-3-12-22-21(24)15-27-20-11-10-18(14-16(20)2)28(25,26)23-13-6-8-17-7-4-5-9-19(17)23/h3-5,7,9-11,14H,1,6,8,12-13,15H2,2H3,(H,22,24). The average molecular weight is 401 g/mol. The molecule has 0 bridgehead atoms. The minimum atomic E-state index is -3.67. The number of anilines is 1. The molecule has 2 aromatic rings. The van der Waals surface area contributed by atoms with E-state index in [1.807, 2.05) is 24.3 Å². The lowest BCUT2D eigenvalue weighted by molar-refractivity contribution is -0.122. The average Bonchev–Trinajstić information content (AvgIpc) is 2.70. The number of carbonyl (C=O) groups is 1. The summed E-state index contributed by atoms with van der Waals surface area (Å²) < 4.78 is 33.4. The van der Waals surface area contributed by atoms with Crippen LogP contribution in [-0.2, 0) is 21.2 Å². The van der Waals surface area contributed by atoms with Crippen LogP contribution >= 0.6 is 0 Å². The predicted molar refractivity (Wildman–Crippen MR) is 109 cm³/mol. The van der Waals surface area contributed by atoms with E-state index in [9.17, 15) is 13.2 Å². The van der Waals surface area contributed by atoms with Crippen LogP contribution in [0.5, 0.6) is 5.75 Å². The smallest absolute Gasteiger partial charge is 0.264 e. The number of sulfonamides is 1. The van der Waals surface area contributed by atoms with Crippen molar-refractivity contribution < 1.29 is 17.9 Å². The molecule has 0 radical (unpaired) electrons. The van der Waals surface area contributed by atoms with Crippen LogP contribution in [-0.4, -0.2) is 34.0 Å². The Morgan fingerprint density at radius 3 is 2.82 bits per heavy atom. The second kappa shape index (κ2) is 8.48. The Kier molecular flexibility index (Phi) is 6.04. The van der Waals surface area contributed by atoms with Gasteiger partial charge in [-0.25, -0.2) is 8.42 Å². The maximum atomic E-state index is 13.2. The molecule has 1 amide bonds. The molecule has 0 aromatic heterocycles. The van der Waals surface area contributed by atoms with Crippen molar-refractivity contribution in [1.29, 1.82) is 0 Å². The van der Waals surface area contributed by atoms with Crippen LogP contribution < -0.4 is 14.4 Å². The molecule has 0 unspecified atom stereocenters. The molecule has 0 saturated heterocycles. The summed E-state index contributed by atoms with van der Waals surface area (Å²) >= 11 is 0. The summed E-state index contributed by atoms with van der Waals surface area (Å²) in [6, 6.07) is 12.3. The molecule has 0 saturated carbocycles. The van der Waals surface area contributed by atoms with Gasteiger partial charge in [0.15, 0.2) is 6.61 Å². The van der Waals surface area contributed by atoms with E-state index in [1.54, 1.807) is 25.1 Å². The molecule has 1 aliphatic heterocycles. The lowest BCUT2D eigenvalue weighted by atomic mass is 10.0. The fourth-order valence-corrected chi connectivity index (χ4v) is 4.83. The van der Waals surface area contributed by atoms with Gasteiger partial charge in [0.05, 0.1) is 10.6 Å². The number of fused-ring (bicyclic) bond motifs is 1. The number of amides is 1. The van der Waals surface area contributed by atoms with Crippen LogP contribution in [0, 0.1) is 6.92 Å². The SMILES string of the molecule is C=CCNC(=O)COc1ccc(S(=O)(=O)N2CCCc3ccccc32)cc1C. The Labute approximate surface area is 165 Å². The minimum Gasteiger partial charge on any atom is -0.484 e. The van der Waals surface area contributed by atoms with E-state index in [0.717, 1.165) is 24.1 Å². The molecule has 148 valence electrons. The summed E-state index contributed by atoms with van der Waals surface area (Å²) in [5.74, 6) is 0.215. The highest BCUT2D eigenvalue weighted by Gasteiger charge is 2.29.